The lowest BCUT2D eigenvalue weighted by Gasteiger charge is -2.03. The minimum atomic E-state index is -2.81. The van der Waals surface area contributed by atoms with Crippen molar-refractivity contribution in [2.45, 2.75) is 6.55 Å². The van der Waals surface area contributed by atoms with E-state index in [1.165, 1.54) is 17.9 Å². The highest BCUT2D eigenvalue weighted by Gasteiger charge is 2.16. The maximum atomic E-state index is 12.3. The Hall–Kier alpha value is -2.76. The number of nitriles is 1. The minimum Gasteiger partial charge on any atom is -0.304 e. The van der Waals surface area contributed by atoms with Gasteiger partial charge in [0.1, 0.15) is 17.5 Å². The summed E-state index contributed by atoms with van der Waals surface area (Å²) in [4.78, 5) is 11.8. The fourth-order valence-corrected chi connectivity index (χ4v) is 1.41. The van der Waals surface area contributed by atoms with Crippen LogP contribution in [0.4, 0.5) is 14.6 Å². The van der Waals surface area contributed by atoms with Crippen LogP contribution in [-0.4, -0.2) is 25.5 Å². The molecule has 0 aliphatic heterocycles. The van der Waals surface area contributed by atoms with E-state index in [-0.39, 0.29) is 17.1 Å². The molecule has 0 saturated carbocycles. The number of hydrogen-bond donors (Lipinski definition) is 1. The van der Waals surface area contributed by atoms with Gasteiger partial charge in [-0.3, -0.25) is 9.48 Å². The first kappa shape index (κ1) is 12.7. The lowest BCUT2D eigenvalue weighted by Crippen LogP contribution is -2.16. The van der Waals surface area contributed by atoms with Gasteiger partial charge in [-0.05, 0) is 6.07 Å². The van der Waals surface area contributed by atoms with E-state index in [9.17, 15) is 13.6 Å². The molecule has 19 heavy (non-hydrogen) atoms. The van der Waals surface area contributed by atoms with Crippen molar-refractivity contribution < 1.29 is 13.6 Å². The van der Waals surface area contributed by atoms with Crippen molar-refractivity contribution in [2.75, 3.05) is 5.32 Å². The van der Waals surface area contributed by atoms with Gasteiger partial charge < -0.3 is 5.32 Å². The molecule has 1 amide bonds. The average molecular weight is 266 g/mol. The number of anilines is 1. The smallest absolute Gasteiger partial charge is 0.304 e. The molecule has 2 aromatic heterocycles. The maximum Gasteiger partial charge on any atom is 0.333 e. The second-order valence-electron chi connectivity index (χ2n) is 3.56. The highest BCUT2D eigenvalue weighted by molar-refractivity contribution is 6.02. The molecule has 0 saturated heterocycles. The van der Waals surface area contributed by atoms with Crippen molar-refractivity contribution in [3.8, 4) is 6.07 Å². The molecular weight excluding hydrogens is 258 g/mol. The SMILES string of the molecule is Cn1ncc(C#N)c1NC(=O)c1ccn(C(F)F)n1. The number of carbonyl (C=O) groups is 1. The van der Waals surface area contributed by atoms with Crippen LogP contribution in [0.15, 0.2) is 18.5 Å². The largest absolute Gasteiger partial charge is 0.333 e. The third-order valence-electron chi connectivity index (χ3n) is 2.33. The number of alkyl halides is 2. The molecule has 0 aliphatic carbocycles. The first-order chi connectivity index (χ1) is 9.02. The Morgan fingerprint density at radius 1 is 1.58 bits per heavy atom. The first-order valence-corrected chi connectivity index (χ1v) is 5.09. The van der Waals surface area contributed by atoms with E-state index in [1.807, 2.05) is 6.07 Å². The second kappa shape index (κ2) is 4.85. The van der Waals surface area contributed by atoms with E-state index >= 15 is 0 Å². The third-order valence-corrected chi connectivity index (χ3v) is 2.33. The second-order valence-corrected chi connectivity index (χ2v) is 3.56. The predicted molar refractivity (Wildman–Crippen MR) is 59.4 cm³/mol. The summed E-state index contributed by atoms with van der Waals surface area (Å²) >= 11 is 0. The molecule has 0 aromatic carbocycles. The van der Waals surface area contributed by atoms with Crippen LogP contribution in [0.1, 0.15) is 22.6 Å². The maximum absolute atomic E-state index is 12.3. The van der Waals surface area contributed by atoms with Crippen LogP contribution in [0, 0.1) is 11.3 Å². The lowest BCUT2D eigenvalue weighted by molar-refractivity contribution is 0.0561. The van der Waals surface area contributed by atoms with Crippen LogP contribution < -0.4 is 5.32 Å². The topological polar surface area (TPSA) is 88.5 Å². The molecule has 0 fully saturated rings. The monoisotopic (exact) mass is 266 g/mol. The molecule has 2 aromatic rings. The number of hydrogen-bond acceptors (Lipinski definition) is 4. The number of halogens is 2. The molecule has 1 N–H and O–H groups in total. The Balaban J connectivity index is 2.21. The van der Waals surface area contributed by atoms with Gasteiger partial charge in [0, 0.05) is 13.2 Å². The number of aromatic nitrogens is 4. The van der Waals surface area contributed by atoms with Crippen molar-refractivity contribution >= 4 is 11.7 Å². The molecule has 0 atom stereocenters. The van der Waals surface area contributed by atoms with E-state index in [2.05, 4.69) is 15.5 Å². The first-order valence-electron chi connectivity index (χ1n) is 5.09. The van der Waals surface area contributed by atoms with Gasteiger partial charge in [0.25, 0.3) is 5.91 Å². The van der Waals surface area contributed by atoms with E-state index in [4.69, 9.17) is 5.26 Å². The number of amides is 1. The van der Waals surface area contributed by atoms with E-state index < -0.39 is 12.5 Å². The Morgan fingerprint density at radius 3 is 2.89 bits per heavy atom. The van der Waals surface area contributed by atoms with E-state index in [1.54, 1.807) is 0 Å². The van der Waals surface area contributed by atoms with Gasteiger partial charge in [0.2, 0.25) is 0 Å². The lowest BCUT2D eigenvalue weighted by atomic mass is 10.3. The van der Waals surface area contributed by atoms with Crippen molar-refractivity contribution in [1.29, 1.82) is 5.26 Å². The third kappa shape index (κ3) is 2.42. The summed E-state index contributed by atoms with van der Waals surface area (Å²) in [6, 6.07) is 3.01. The molecule has 7 nitrogen and oxygen atoms in total. The summed E-state index contributed by atoms with van der Waals surface area (Å²) in [7, 11) is 1.54. The number of rotatable bonds is 3. The fraction of sp³-hybridized carbons (Fsp3) is 0.200. The normalized spacial score (nSPS) is 10.5. The Bertz CT molecular complexity index is 653. The molecular formula is C10H8F2N6O. The van der Waals surface area contributed by atoms with Gasteiger partial charge in [-0.2, -0.15) is 24.2 Å². The summed E-state index contributed by atoms with van der Waals surface area (Å²) in [5.74, 6) is -0.515. The Kier molecular flexibility index (Phi) is 3.24. The van der Waals surface area contributed by atoms with E-state index in [0.29, 0.717) is 4.68 Å². The van der Waals surface area contributed by atoms with Crippen molar-refractivity contribution in [3.63, 3.8) is 0 Å². The van der Waals surface area contributed by atoms with Crippen LogP contribution in [0.25, 0.3) is 0 Å². The summed E-state index contributed by atoms with van der Waals surface area (Å²) in [5, 5.41) is 18.4. The fourth-order valence-electron chi connectivity index (χ4n) is 1.41. The molecule has 98 valence electrons. The van der Waals surface area contributed by atoms with Crippen molar-refractivity contribution in [1.82, 2.24) is 19.6 Å². The van der Waals surface area contributed by atoms with Gasteiger partial charge in [-0.15, -0.1) is 0 Å². The standard InChI is InChI=1S/C10H8F2N6O/c1-17-8(6(4-13)5-14-17)15-9(19)7-2-3-18(16-7)10(11)12/h2-3,5,10H,1H3,(H,15,19). The zero-order valence-corrected chi connectivity index (χ0v) is 9.71. The molecule has 0 radical (unpaired) electrons. The minimum absolute atomic E-state index is 0.171. The highest BCUT2D eigenvalue weighted by atomic mass is 19.3. The quantitative estimate of drug-likeness (QED) is 0.902. The predicted octanol–water partition coefficient (Wildman–Crippen LogP) is 1.14. The van der Waals surface area contributed by atoms with Crippen LogP contribution >= 0.6 is 0 Å². The molecule has 9 heteroatoms. The summed E-state index contributed by atoms with van der Waals surface area (Å²) < 4.78 is 26.3. The van der Waals surface area contributed by atoms with Gasteiger partial charge in [0.05, 0.1) is 6.20 Å². The van der Waals surface area contributed by atoms with Gasteiger partial charge >= 0.3 is 6.55 Å². The number of nitrogens with zero attached hydrogens (tertiary/aromatic N) is 5. The van der Waals surface area contributed by atoms with Gasteiger partial charge in [-0.25, -0.2) is 4.68 Å². The number of nitrogens with one attached hydrogen (secondary N) is 1. The zero-order valence-electron chi connectivity index (χ0n) is 9.71. The Morgan fingerprint density at radius 2 is 2.32 bits per heavy atom. The summed E-state index contributed by atoms with van der Waals surface area (Å²) in [5.41, 5.74) is -0.00506. The van der Waals surface area contributed by atoms with E-state index in [0.717, 1.165) is 12.3 Å². The van der Waals surface area contributed by atoms with Gasteiger partial charge in [0.15, 0.2) is 5.69 Å². The van der Waals surface area contributed by atoms with Crippen LogP contribution in [0.2, 0.25) is 0 Å². The Labute approximate surface area is 106 Å². The number of aryl methyl sites for hydroxylation is 1. The number of carbonyl (C=O) groups excluding carboxylic acids is 1. The summed E-state index contributed by atoms with van der Waals surface area (Å²) in [6.45, 7) is -2.81. The molecule has 0 spiro atoms. The van der Waals surface area contributed by atoms with Crippen molar-refractivity contribution in [2.24, 2.45) is 7.05 Å². The highest BCUT2D eigenvalue weighted by Crippen LogP contribution is 2.14. The summed E-state index contributed by atoms with van der Waals surface area (Å²) in [6.07, 6.45) is 2.28. The van der Waals surface area contributed by atoms with Crippen LogP contribution in [0.5, 0.6) is 0 Å². The molecule has 0 unspecified atom stereocenters. The van der Waals surface area contributed by atoms with Crippen LogP contribution in [-0.2, 0) is 7.05 Å². The molecule has 0 bridgehead atoms. The molecule has 0 aliphatic rings. The van der Waals surface area contributed by atoms with Gasteiger partial charge in [-0.1, -0.05) is 0 Å². The molecule has 2 heterocycles. The van der Waals surface area contributed by atoms with Crippen LogP contribution in [0.3, 0.4) is 0 Å². The molecule has 2 rings (SSSR count). The van der Waals surface area contributed by atoms with Crippen molar-refractivity contribution in [3.05, 3.63) is 29.7 Å². The average Bonchev–Trinajstić information content (AvgIpc) is 2.97. The zero-order chi connectivity index (χ0) is 14.0.